The lowest BCUT2D eigenvalue weighted by atomic mass is 10.3. The fraction of sp³-hybridized carbons (Fsp3) is 0.188. The van der Waals surface area contributed by atoms with Gasteiger partial charge in [-0.15, -0.1) is 22.7 Å². The molecule has 2 rings (SSSR count). The summed E-state index contributed by atoms with van der Waals surface area (Å²) in [5.41, 5.74) is 6.50. The van der Waals surface area contributed by atoms with E-state index in [1.807, 2.05) is 18.4 Å². The number of hydrogen-bond donors (Lipinski definition) is 2. The molecule has 1 atom stereocenters. The molecule has 2 aromatic rings. The molecule has 0 saturated heterocycles. The van der Waals surface area contributed by atoms with Crippen LogP contribution < -0.4 is 11.1 Å². The molecule has 0 saturated carbocycles. The highest BCUT2D eigenvalue weighted by Crippen LogP contribution is 2.23. The monoisotopic (exact) mass is 364 g/mol. The second kappa shape index (κ2) is 7.89. The molecule has 2 amide bonds. The zero-order valence-electron chi connectivity index (χ0n) is 13.1. The summed E-state index contributed by atoms with van der Waals surface area (Å²) in [5.74, 6) is -1.79. The molecule has 3 N–H and O–H groups in total. The maximum atomic E-state index is 12.1. The fourth-order valence-electron chi connectivity index (χ4n) is 1.78. The van der Waals surface area contributed by atoms with E-state index in [2.05, 4.69) is 5.32 Å². The molecule has 126 valence electrons. The number of primary amides is 1. The van der Waals surface area contributed by atoms with E-state index in [4.69, 9.17) is 10.5 Å². The highest BCUT2D eigenvalue weighted by atomic mass is 32.1. The molecule has 2 aromatic heterocycles. The van der Waals surface area contributed by atoms with Crippen molar-refractivity contribution in [3.63, 3.8) is 0 Å². The molecule has 0 unspecified atom stereocenters. The number of anilines is 1. The van der Waals surface area contributed by atoms with Crippen LogP contribution in [0.15, 0.2) is 29.0 Å². The average Bonchev–Trinajstić information content (AvgIpc) is 3.14. The molecular formula is C16H16N2O4S2. The first-order chi connectivity index (χ1) is 11.4. The van der Waals surface area contributed by atoms with Gasteiger partial charge in [-0.25, -0.2) is 4.79 Å². The first kappa shape index (κ1) is 17.9. The van der Waals surface area contributed by atoms with E-state index < -0.39 is 23.9 Å². The Balaban J connectivity index is 1.92. The third kappa shape index (κ3) is 4.53. The summed E-state index contributed by atoms with van der Waals surface area (Å²) < 4.78 is 5.05. The SMILES string of the molecule is Cc1ccsc1/C=C/C(=O)O[C@@H](C)C(=O)Nc1sccc1C(N)=O. The van der Waals surface area contributed by atoms with Crippen molar-refractivity contribution in [3.8, 4) is 0 Å². The van der Waals surface area contributed by atoms with Crippen molar-refractivity contribution < 1.29 is 19.1 Å². The van der Waals surface area contributed by atoms with Gasteiger partial charge in [0, 0.05) is 11.0 Å². The van der Waals surface area contributed by atoms with Crippen LogP contribution in [0.1, 0.15) is 27.7 Å². The molecule has 0 radical (unpaired) electrons. The van der Waals surface area contributed by atoms with Gasteiger partial charge in [0.05, 0.1) is 5.56 Å². The third-order valence-corrected chi connectivity index (χ3v) is 4.92. The number of ether oxygens (including phenoxy) is 1. The van der Waals surface area contributed by atoms with Crippen LogP contribution in [0.25, 0.3) is 6.08 Å². The largest absolute Gasteiger partial charge is 0.449 e. The van der Waals surface area contributed by atoms with Gasteiger partial charge in [-0.3, -0.25) is 9.59 Å². The molecule has 8 heteroatoms. The molecule has 0 bridgehead atoms. The molecule has 0 aromatic carbocycles. The molecule has 6 nitrogen and oxygen atoms in total. The van der Waals surface area contributed by atoms with Gasteiger partial charge in [0.25, 0.3) is 11.8 Å². The number of nitrogens with two attached hydrogens (primary N) is 1. The second-order valence-electron chi connectivity index (χ2n) is 4.90. The Bertz CT molecular complexity index is 792. The van der Waals surface area contributed by atoms with Gasteiger partial charge >= 0.3 is 5.97 Å². The van der Waals surface area contributed by atoms with Crippen LogP contribution in [-0.2, 0) is 14.3 Å². The Labute approximate surface area is 146 Å². The number of aryl methyl sites for hydroxylation is 1. The predicted molar refractivity (Wildman–Crippen MR) is 95.1 cm³/mol. The minimum absolute atomic E-state index is 0.222. The van der Waals surface area contributed by atoms with Gasteiger partial charge in [0.1, 0.15) is 5.00 Å². The maximum Gasteiger partial charge on any atom is 0.331 e. The summed E-state index contributed by atoms with van der Waals surface area (Å²) in [5, 5.41) is 6.43. The Morgan fingerprint density at radius 2 is 1.96 bits per heavy atom. The van der Waals surface area contributed by atoms with Crippen molar-refractivity contribution in [1.29, 1.82) is 0 Å². The van der Waals surface area contributed by atoms with Gasteiger partial charge in [0.15, 0.2) is 6.10 Å². The number of esters is 1. The zero-order valence-corrected chi connectivity index (χ0v) is 14.7. The van der Waals surface area contributed by atoms with E-state index in [-0.39, 0.29) is 5.56 Å². The van der Waals surface area contributed by atoms with Crippen molar-refractivity contribution in [2.45, 2.75) is 20.0 Å². The third-order valence-electron chi connectivity index (χ3n) is 3.10. The number of nitrogens with one attached hydrogen (secondary N) is 1. The van der Waals surface area contributed by atoms with Crippen LogP contribution in [0.2, 0.25) is 0 Å². The number of thiophene rings is 2. The fourth-order valence-corrected chi connectivity index (χ4v) is 3.39. The number of carbonyl (C=O) groups excluding carboxylic acids is 3. The van der Waals surface area contributed by atoms with Gasteiger partial charge in [-0.1, -0.05) is 0 Å². The van der Waals surface area contributed by atoms with Crippen LogP contribution in [0.5, 0.6) is 0 Å². The standard InChI is InChI=1S/C16H16N2O4S2/c1-9-5-7-23-12(9)3-4-13(19)22-10(2)15(21)18-16-11(14(17)20)6-8-24-16/h3-8,10H,1-2H3,(H2,17,20)(H,18,21)/b4-3+/t10-/m0/s1. The quantitative estimate of drug-likeness (QED) is 0.608. The topological polar surface area (TPSA) is 98.5 Å². The zero-order chi connectivity index (χ0) is 17.7. The van der Waals surface area contributed by atoms with E-state index in [1.165, 1.54) is 41.7 Å². The molecule has 0 spiro atoms. The van der Waals surface area contributed by atoms with Crippen molar-refractivity contribution in [2.24, 2.45) is 5.73 Å². The number of carbonyl (C=O) groups is 3. The molecule has 0 fully saturated rings. The Kier molecular flexibility index (Phi) is 5.88. The minimum atomic E-state index is -1.01. The summed E-state index contributed by atoms with van der Waals surface area (Å²) in [6, 6.07) is 3.47. The predicted octanol–water partition coefficient (Wildman–Crippen LogP) is 2.80. The summed E-state index contributed by atoms with van der Waals surface area (Å²) in [4.78, 5) is 36.0. The highest BCUT2D eigenvalue weighted by molar-refractivity contribution is 7.14. The summed E-state index contributed by atoms with van der Waals surface area (Å²) in [7, 11) is 0. The number of hydrogen-bond acceptors (Lipinski definition) is 6. The Morgan fingerprint density at radius 3 is 2.58 bits per heavy atom. The van der Waals surface area contributed by atoms with Gasteiger partial charge in [-0.2, -0.15) is 0 Å². The molecular weight excluding hydrogens is 348 g/mol. The first-order valence-electron chi connectivity index (χ1n) is 6.99. The van der Waals surface area contributed by atoms with Gasteiger partial charge in [0.2, 0.25) is 0 Å². The lowest BCUT2D eigenvalue weighted by molar-refractivity contribution is -0.148. The van der Waals surface area contributed by atoms with E-state index in [0.717, 1.165) is 10.4 Å². The molecule has 24 heavy (non-hydrogen) atoms. The van der Waals surface area contributed by atoms with Crippen LogP contribution in [-0.4, -0.2) is 23.9 Å². The van der Waals surface area contributed by atoms with Crippen LogP contribution in [0.4, 0.5) is 5.00 Å². The Hall–Kier alpha value is -2.45. The van der Waals surface area contributed by atoms with Crippen LogP contribution in [0.3, 0.4) is 0 Å². The molecule has 0 aliphatic carbocycles. The molecule has 2 heterocycles. The van der Waals surface area contributed by atoms with E-state index in [1.54, 1.807) is 11.5 Å². The van der Waals surface area contributed by atoms with Crippen molar-refractivity contribution >= 4 is 51.5 Å². The van der Waals surface area contributed by atoms with Gasteiger partial charge < -0.3 is 15.8 Å². The van der Waals surface area contributed by atoms with Crippen molar-refractivity contribution in [1.82, 2.24) is 0 Å². The normalized spacial score (nSPS) is 12.1. The maximum absolute atomic E-state index is 12.1. The van der Waals surface area contributed by atoms with E-state index in [9.17, 15) is 14.4 Å². The van der Waals surface area contributed by atoms with Gasteiger partial charge in [-0.05, 0) is 48.4 Å². The second-order valence-corrected chi connectivity index (χ2v) is 6.76. The smallest absolute Gasteiger partial charge is 0.331 e. The van der Waals surface area contributed by atoms with E-state index in [0.29, 0.717) is 5.00 Å². The Morgan fingerprint density at radius 1 is 1.25 bits per heavy atom. The lowest BCUT2D eigenvalue weighted by Gasteiger charge is -2.12. The highest BCUT2D eigenvalue weighted by Gasteiger charge is 2.19. The number of amides is 2. The molecule has 0 aliphatic rings. The average molecular weight is 364 g/mol. The summed E-state index contributed by atoms with van der Waals surface area (Å²) in [6.07, 6.45) is 1.93. The van der Waals surface area contributed by atoms with Crippen molar-refractivity contribution in [3.05, 3.63) is 45.0 Å². The van der Waals surface area contributed by atoms with E-state index >= 15 is 0 Å². The minimum Gasteiger partial charge on any atom is -0.449 e. The molecule has 0 aliphatic heterocycles. The first-order valence-corrected chi connectivity index (χ1v) is 8.75. The van der Waals surface area contributed by atoms with Crippen LogP contribution >= 0.6 is 22.7 Å². The lowest BCUT2D eigenvalue weighted by Crippen LogP contribution is -2.29. The van der Waals surface area contributed by atoms with Crippen molar-refractivity contribution in [2.75, 3.05) is 5.32 Å². The van der Waals surface area contributed by atoms with Crippen LogP contribution in [0, 0.1) is 6.92 Å². The summed E-state index contributed by atoms with van der Waals surface area (Å²) in [6.45, 7) is 3.39. The summed E-state index contributed by atoms with van der Waals surface area (Å²) >= 11 is 2.67. The number of rotatable bonds is 6.